The van der Waals surface area contributed by atoms with E-state index in [0.29, 0.717) is 6.10 Å². The number of aromatic nitrogens is 2. The summed E-state index contributed by atoms with van der Waals surface area (Å²) < 4.78 is 6.51. The largest absolute Gasteiger partial charge is 0.376 e. The lowest BCUT2D eigenvalue weighted by Crippen LogP contribution is -2.30. The van der Waals surface area contributed by atoms with Crippen LogP contribution in [0.5, 0.6) is 0 Å². The standard InChI is InChI=1S/C13H20BrN3O/c1-3-5-12-16-11(14)8-13(17-12)15-9(2)10-6-4-7-18-10/h8-10H,3-7H2,1-2H3,(H,15,16,17). The van der Waals surface area contributed by atoms with Crippen LogP contribution in [-0.4, -0.2) is 28.7 Å². The zero-order valence-electron chi connectivity index (χ0n) is 10.9. The summed E-state index contributed by atoms with van der Waals surface area (Å²) in [6.07, 6.45) is 4.54. The number of ether oxygens (including phenoxy) is 1. The van der Waals surface area contributed by atoms with Gasteiger partial charge < -0.3 is 10.1 Å². The maximum absolute atomic E-state index is 5.68. The minimum Gasteiger partial charge on any atom is -0.376 e. The van der Waals surface area contributed by atoms with E-state index >= 15 is 0 Å². The molecule has 1 saturated heterocycles. The van der Waals surface area contributed by atoms with Crippen LogP contribution in [-0.2, 0) is 11.2 Å². The molecular formula is C13H20BrN3O. The molecule has 1 aromatic rings. The number of halogens is 1. The van der Waals surface area contributed by atoms with Gasteiger partial charge in [0.15, 0.2) is 0 Å². The van der Waals surface area contributed by atoms with Gasteiger partial charge in [0.2, 0.25) is 0 Å². The lowest BCUT2D eigenvalue weighted by atomic mass is 10.1. The summed E-state index contributed by atoms with van der Waals surface area (Å²) in [7, 11) is 0. The van der Waals surface area contributed by atoms with Crippen molar-refractivity contribution >= 4 is 21.7 Å². The third kappa shape index (κ3) is 3.65. The SMILES string of the molecule is CCCc1nc(Br)cc(NC(C)C2CCCO2)n1. The van der Waals surface area contributed by atoms with Crippen molar-refractivity contribution in [3.05, 3.63) is 16.5 Å². The molecule has 1 aliphatic rings. The van der Waals surface area contributed by atoms with Crippen molar-refractivity contribution in [1.82, 2.24) is 9.97 Å². The molecule has 100 valence electrons. The van der Waals surface area contributed by atoms with E-state index in [0.717, 1.165) is 48.5 Å². The van der Waals surface area contributed by atoms with Gasteiger partial charge in [-0.1, -0.05) is 6.92 Å². The van der Waals surface area contributed by atoms with Gasteiger partial charge >= 0.3 is 0 Å². The fourth-order valence-corrected chi connectivity index (χ4v) is 2.62. The molecule has 0 aromatic carbocycles. The average molecular weight is 314 g/mol. The Bertz CT molecular complexity index is 394. The maximum atomic E-state index is 5.68. The normalized spacial score (nSPS) is 20.9. The minimum atomic E-state index is 0.281. The number of aryl methyl sites for hydroxylation is 1. The first-order valence-electron chi connectivity index (χ1n) is 6.60. The Kier molecular flexibility index (Phi) is 4.95. The van der Waals surface area contributed by atoms with Gasteiger partial charge in [-0.25, -0.2) is 9.97 Å². The quantitative estimate of drug-likeness (QED) is 0.848. The Hall–Kier alpha value is -0.680. The van der Waals surface area contributed by atoms with Crippen LogP contribution in [0.15, 0.2) is 10.7 Å². The number of nitrogens with zero attached hydrogens (tertiary/aromatic N) is 2. The predicted octanol–water partition coefficient (Wildman–Crippen LogP) is 3.17. The molecule has 2 rings (SSSR count). The van der Waals surface area contributed by atoms with Crippen molar-refractivity contribution in [3.63, 3.8) is 0 Å². The summed E-state index contributed by atoms with van der Waals surface area (Å²) in [6, 6.07) is 2.20. The van der Waals surface area contributed by atoms with Crippen molar-refractivity contribution < 1.29 is 4.74 Å². The molecule has 2 atom stereocenters. The van der Waals surface area contributed by atoms with Crippen LogP contribution in [0.3, 0.4) is 0 Å². The number of nitrogens with one attached hydrogen (secondary N) is 1. The Morgan fingerprint density at radius 3 is 3.06 bits per heavy atom. The molecule has 4 nitrogen and oxygen atoms in total. The van der Waals surface area contributed by atoms with Crippen LogP contribution in [0.25, 0.3) is 0 Å². The topological polar surface area (TPSA) is 47.0 Å². The van der Waals surface area contributed by atoms with E-state index in [1.54, 1.807) is 0 Å². The molecule has 0 radical (unpaired) electrons. The van der Waals surface area contributed by atoms with Gasteiger partial charge in [-0.3, -0.25) is 0 Å². The zero-order valence-corrected chi connectivity index (χ0v) is 12.5. The lowest BCUT2D eigenvalue weighted by Gasteiger charge is -2.20. The molecule has 1 N–H and O–H groups in total. The van der Waals surface area contributed by atoms with Gasteiger partial charge in [0.1, 0.15) is 16.2 Å². The highest BCUT2D eigenvalue weighted by Crippen LogP contribution is 2.20. The molecule has 5 heteroatoms. The first-order valence-corrected chi connectivity index (χ1v) is 7.40. The number of hydrogen-bond acceptors (Lipinski definition) is 4. The fraction of sp³-hybridized carbons (Fsp3) is 0.692. The maximum Gasteiger partial charge on any atom is 0.132 e. The highest BCUT2D eigenvalue weighted by molar-refractivity contribution is 9.10. The number of hydrogen-bond donors (Lipinski definition) is 1. The minimum absolute atomic E-state index is 0.281. The molecule has 0 aliphatic carbocycles. The van der Waals surface area contributed by atoms with E-state index in [9.17, 15) is 0 Å². The highest BCUT2D eigenvalue weighted by atomic mass is 79.9. The third-order valence-electron chi connectivity index (χ3n) is 3.11. The summed E-state index contributed by atoms with van der Waals surface area (Å²) in [5, 5.41) is 3.42. The van der Waals surface area contributed by atoms with Crippen molar-refractivity contribution in [2.45, 2.75) is 51.7 Å². The summed E-state index contributed by atoms with van der Waals surface area (Å²) in [4.78, 5) is 8.89. The second-order valence-corrected chi connectivity index (χ2v) is 5.54. The molecule has 0 saturated carbocycles. The Labute approximate surface area is 117 Å². The Morgan fingerprint density at radius 2 is 2.39 bits per heavy atom. The van der Waals surface area contributed by atoms with E-state index in [2.05, 4.69) is 45.1 Å². The van der Waals surface area contributed by atoms with Crippen LogP contribution in [0.2, 0.25) is 0 Å². The van der Waals surface area contributed by atoms with Gasteiger partial charge in [-0.2, -0.15) is 0 Å². The molecule has 0 spiro atoms. The third-order valence-corrected chi connectivity index (χ3v) is 3.52. The van der Waals surface area contributed by atoms with E-state index in [1.165, 1.54) is 0 Å². The average Bonchev–Trinajstić information content (AvgIpc) is 2.81. The van der Waals surface area contributed by atoms with Gasteiger partial charge in [0.25, 0.3) is 0 Å². The Balaban J connectivity index is 2.03. The zero-order chi connectivity index (χ0) is 13.0. The van der Waals surface area contributed by atoms with E-state index in [4.69, 9.17) is 4.74 Å². The summed E-state index contributed by atoms with van der Waals surface area (Å²) in [5.41, 5.74) is 0. The number of anilines is 1. The first-order chi connectivity index (χ1) is 8.69. The van der Waals surface area contributed by atoms with Crippen LogP contribution < -0.4 is 5.32 Å². The van der Waals surface area contributed by atoms with Crippen molar-refractivity contribution in [2.75, 3.05) is 11.9 Å². The molecule has 0 amide bonds. The molecule has 1 fully saturated rings. The summed E-state index contributed by atoms with van der Waals surface area (Å²) in [6.45, 7) is 5.16. The lowest BCUT2D eigenvalue weighted by molar-refractivity contribution is 0.0995. The van der Waals surface area contributed by atoms with Crippen LogP contribution in [0, 0.1) is 0 Å². The molecule has 2 unspecified atom stereocenters. The van der Waals surface area contributed by atoms with Crippen LogP contribution >= 0.6 is 15.9 Å². The van der Waals surface area contributed by atoms with Gasteiger partial charge in [0.05, 0.1) is 12.1 Å². The number of rotatable bonds is 5. The molecule has 18 heavy (non-hydrogen) atoms. The molecular weight excluding hydrogens is 294 g/mol. The van der Waals surface area contributed by atoms with Crippen LogP contribution in [0.1, 0.15) is 38.9 Å². The monoisotopic (exact) mass is 313 g/mol. The molecule has 1 aliphatic heterocycles. The molecule has 2 heterocycles. The van der Waals surface area contributed by atoms with Crippen molar-refractivity contribution in [3.8, 4) is 0 Å². The second-order valence-electron chi connectivity index (χ2n) is 4.73. The summed E-state index contributed by atoms with van der Waals surface area (Å²) in [5.74, 6) is 1.76. The molecule has 0 bridgehead atoms. The van der Waals surface area contributed by atoms with E-state index < -0.39 is 0 Å². The van der Waals surface area contributed by atoms with Gasteiger partial charge in [0, 0.05) is 19.1 Å². The smallest absolute Gasteiger partial charge is 0.132 e. The van der Waals surface area contributed by atoms with E-state index in [1.807, 2.05) is 6.07 Å². The van der Waals surface area contributed by atoms with Crippen molar-refractivity contribution in [2.24, 2.45) is 0 Å². The van der Waals surface area contributed by atoms with Crippen molar-refractivity contribution in [1.29, 1.82) is 0 Å². The van der Waals surface area contributed by atoms with E-state index in [-0.39, 0.29) is 6.04 Å². The van der Waals surface area contributed by atoms with Crippen LogP contribution in [0.4, 0.5) is 5.82 Å². The first kappa shape index (κ1) is 13.7. The fourth-order valence-electron chi connectivity index (χ4n) is 2.20. The molecule has 1 aromatic heterocycles. The second kappa shape index (κ2) is 6.48. The predicted molar refractivity (Wildman–Crippen MR) is 75.8 cm³/mol. The summed E-state index contributed by atoms with van der Waals surface area (Å²) >= 11 is 3.43. The van der Waals surface area contributed by atoms with Gasteiger partial charge in [-0.05, 0) is 42.1 Å². The highest BCUT2D eigenvalue weighted by Gasteiger charge is 2.22. The Morgan fingerprint density at radius 1 is 1.56 bits per heavy atom. The van der Waals surface area contributed by atoms with Gasteiger partial charge in [-0.15, -0.1) is 0 Å².